The number of hydrogen-bond donors (Lipinski definition) is 2. The summed E-state index contributed by atoms with van der Waals surface area (Å²) in [5.74, 6) is 3.75. The third kappa shape index (κ3) is 26.1. The maximum atomic E-state index is 12.7. The van der Waals surface area contributed by atoms with Crippen LogP contribution in [0, 0.1) is 20.8 Å². The van der Waals surface area contributed by atoms with Gasteiger partial charge in [0.1, 0.15) is 29.6 Å². The van der Waals surface area contributed by atoms with Crippen molar-refractivity contribution in [2.45, 2.75) is 221 Å². The van der Waals surface area contributed by atoms with Gasteiger partial charge in [0.05, 0.1) is 13.2 Å². The fourth-order valence-electron chi connectivity index (χ4n) is 7.57. The van der Waals surface area contributed by atoms with Gasteiger partial charge in [0.25, 0.3) is 0 Å². The predicted molar refractivity (Wildman–Crippen MR) is 245 cm³/mol. The first-order valence-corrected chi connectivity index (χ1v) is 25.8. The van der Waals surface area contributed by atoms with E-state index in [1.54, 1.807) is 7.05 Å². The minimum Gasteiger partial charge on any atom is -0.466 e. The highest BCUT2D eigenvalue weighted by molar-refractivity contribution is 7.47. The highest BCUT2D eigenvalue weighted by Gasteiger charge is 2.26. The Morgan fingerprint density at radius 3 is 1.64 bits per heavy atom. The summed E-state index contributed by atoms with van der Waals surface area (Å²) >= 11 is 0. The van der Waals surface area contributed by atoms with Crippen molar-refractivity contribution in [3.63, 3.8) is 0 Å². The van der Waals surface area contributed by atoms with E-state index < -0.39 is 32.5 Å². The topological polar surface area (TPSA) is 147 Å². The number of hydrogen-bond acceptors (Lipinski definition) is 10. The zero-order chi connectivity index (χ0) is 44.6. The molecule has 0 aromatic carbocycles. The molecule has 0 fully saturated rings. The Kier molecular flexibility index (Phi) is 30.5. The van der Waals surface area contributed by atoms with Crippen LogP contribution in [0.1, 0.15) is 208 Å². The van der Waals surface area contributed by atoms with Crippen LogP contribution in [0.5, 0.6) is 0 Å². The number of phosphoric acid groups is 1. The second kappa shape index (κ2) is 34.0. The number of rotatable bonds is 40. The molecule has 61 heavy (non-hydrogen) atoms. The highest BCUT2D eigenvalue weighted by atomic mass is 31.2. The molecule has 12 heteroatoms. The van der Waals surface area contributed by atoms with Crippen molar-refractivity contribution in [2.24, 2.45) is 0 Å². The quantitative estimate of drug-likeness (QED) is 0.0374. The first kappa shape index (κ1) is 54.7. The molecule has 0 spiro atoms. The number of ether oxygens (including phenoxy) is 2. The molecule has 0 aliphatic rings. The Labute approximate surface area is 370 Å². The summed E-state index contributed by atoms with van der Waals surface area (Å²) in [5, 5.41) is 2.83. The molecule has 0 bridgehead atoms. The number of nitrogens with one attached hydrogen (secondary N) is 1. The Bertz CT molecular complexity index is 1490. The standard InChI is InChI=1S/C49H86NO10P/c1-7-9-23-29-43-37-40(3)45(58-43)30-25-19-17-18-21-27-33-48(51)55-38-44(39-57-61(53,54)56-36-35-50-6)59-49(52)34-28-22-16-14-12-11-13-15-20-26-32-47-42(5)41(4)46(60-47)31-24-10-8-2/h37,44,50H,7-36,38-39H2,1-6H3,(H,53,54)/t44-/m1/s1. The lowest BCUT2D eigenvalue weighted by Gasteiger charge is -2.20. The maximum absolute atomic E-state index is 12.7. The molecule has 2 N–H and O–H groups in total. The molecule has 11 nitrogen and oxygen atoms in total. The largest absolute Gasteiger partial charge is 0.472 e. The average molecular weight is 880 g/mol. The Hall–Kier alpha value is -2.43. The van der Waals surface area contributed by atoms with Crippen LogP contribution >= 0.6 is 7.82 Å². The van der Waals surface area contributed by atoms with Crippen LogP contribution in [0.3, 0.4) is 0 Å². The smallest absolute Gasteiger partial charge is 0.466 e. The molecule has 0 saturated heterocycles. The summed E-state index contributed by atoms with van der Waals surface area (Å²) in [6.45, 7) is 10.6. The van der Waals surface area contributed by atoms with E-state index in [2.05, 4.69) is 46.0 Å². The normalized spacial score (nSPS) is 13.1. The van der Waals surface area contributed by atoms with Crippen molar-refractivity contribution in [3.05, 3.63) is 45.8 Å². The van der Waals surface area contributed by atoms with Gasteiger partial charge in [0, 0.05) is 45.1 Å². The highest BCUT2D eigenvalue weighted by Crippen LogP contribution is 2.43. The molecule has 2 aromatic rings. The fraction of sp³-hybridized carbons (Fsp3) is 0.796. The lowest BCUT2D eigenvalue weighted by atomic mass is 10.0. The molecule has 2 heterocycles. The zero-order valence-electron chi connectivity index (χ0n) is 39.4. The van der Waals surface area contributed by atoms with Gasteiger partial charge in [-0.2, -0.15) is 0 Å². The molecule has 0 amide bonds. The van der Waals surface area contributed by atoms with Gasteiger partial charge < -0.3 is 28.5 Å². The summed E-state index contributed by atoms with van der Waals surface area (Å²) in [5.41, 5.74) is 3.94. The first-order chi connectivity index (χ1) is 29.5. The molecule has 2 atom stereocenters. The molecule has 1 unspecified atom stereocenters. The van der Waals surface area contributed by atoms with Gasteiger partial charge in [0.15, 0.2) is 6.10 Å². The van der Waals surface area contributed by atoms with E-state index in [1.165, 1.54) is 105 Å². The number of likely N-dealkylation sites (N-methyl/N-ethyl adjacent to an activating group) is 1. The van der Waals surface area contributed by atoms with Gasteiger partial charge in [-0.25, -0.2) is 4.57 Å². The van der Waals surface area contributed by atoms with Gasteiger partial charge in [-0.15, -0.1) is 0 Å². The lowest BCUT2D eigenvalue weighted by Crippen LogP contribution is -2.29. The van der Waals surface area contributed by atoms with Crippen LogP contribution in [0.2, 0.25) is 0 Å². The SMILES string of the molecule is CCCCCc1cc(C)c(CCCCCCCCC(=O)OC[C@H](COP(=O)(O)OCCNC)OC(=O)CCCCCCCCCCCCc2oc(CCCCC)c(C)c2C)o1. The lowest BCUT2D eigenvalue weighted by molar-refractivity contribution is -0.161. The van der Waals surface area contributed by atoms with E-state index in [0.717, 1.165) is 88.6 Å². The van der Waals surface area contributed by atoms with Crippen LogP contribution in [-0.4, -0.2) is 56.3 Å². The predicted octanol–water partition coefficient (Wildman–Crippen LogP) is 12.9. The van der Waals surface area contributed by atoms with Crippen LogP contribution < -0.4 is 5.32 Å². The monoisotopic (exact) mass is 880 g/mol. The second-order valence-electron chi connectivity index (χ2n) is 17.1. The first-order valence-electron chi connectivity index (χ1n) is 24.3. The van der Waals surface area contributed by atoms with E-state index in [4.69, 9.17) is 27.4 Å². The summed E-state index contributed by atoms with van der Waals surface area (Å²) in [4.78, 5) is 35.4. The number of carbonyl (C=O) groups is 2. The Morgan fingerprint density at radius 1 is 0.623 bits per heavy atom. The van der Waals surface area contributed by atoms with Crippen LogP contribution in [0.4, 0.5) is 0 Å². The van der Waals surface area contributed by atoms with Gasteiger partial charge in [0.2, 0.25) is 0 Å². The van der Waals surface area contributed by atoms with Crippen LogP contribution in [-0.2, 0) is 58.4 Å². The average Bonchev–Trinajstić information content (AvgIpc) is 3.72. The Morgan fingerprint density at radius 2 is 1.10 bits per heavy atom. The Balaban J connectivity index is 1.59. The van der Waals surface area contributed by atoms with Gasteiger partial charge in [-0.3, -0.25) is 18.6 Å². The molecule has 2 rings (SSSR count). The van der Waals surface area contributed by atoms with E-state index in [1.807, 2.05) is 0 Å². The van der Waals surface area contributed by atoms with E-state index in [9.17, 15) is 19.0 Å². The van der Waals surface area contributed by atoms with E-state index in [0.29, 0.717) is 19.4 Å². The molecule has 0 aliphatic carbocycles. The van der Waals surface area contributed by atoms with Crippen molar-refractivity contribution in [1.82, 2.24) is 5.32 Å². The van der Waals surface area contributed by atoms with Gasteiger partial charge in [-0.05, 0) is 89.1 Å². The summed E-state index contributed by atoms with van der Waals surface area (Å²) in [6, 6.07) is 2.19. The number of esters is 2. The second-order valence-corrected chi connectivity index (χ2v) is 18.5. The molecule has 2 aromatic heterocycles. The van der Waals surface area contributed by atoms with Crippen molar-refractivity contribution in [3.8, 4) is 0 Å². The zero-order valence-corrected chi connectivity index (χ0v) is 40.2. The molecule has 0 saturated carbocycles. The van der Waals surface area contributed by atoms with E-state index >= 15 is 0 Å². The number of unbranched alkanes of at least 4 members (excludes halogenated alkanes) is 18. The minimum atomic E-state index is -4.37. The number of aryl methyl sites for hydroxylation is 5. The summed E-state index contributed by atoms with van der Waals surface area (Å²) in [6.07, 6.45) is 27.9. The van der Waals surface area contributed by atoms with E-state index in [-0.39, 0.29) is 26.1 Å². The van der Waals surface area contributed by atoms with Crippen molar-refractivity contribution in [2.75, 3.05) is 33.4 Å². The molecule has 0 radical (unpaired) electrons. The number of furan rings is 2. The summed E-state index contributed by atoms with van der Waals surface area (Å²) in [7, 11) is -2.68. The van der Waals surface area contributed by atoms with Crippen LogP contribution in [0.15, 0.2) is 14.9 Å². The third-order valence-electron chi connectivity index (χ3n) is 11.6. The van der Waals surface area contributed by atoms with Crippen molar-refractivity contribution < 1.29 is 46.4 Å². The maximum Gasteiger partial charge on any atom is 0.472 e. The number of phosphoric ester groups is 1. The minimum absolute atomic E-state index is 0.0284. The third-order valence-corrected chi connectivity index (χ3v) is 12.6. The summed E-state index contributed by atoms with van der Waals surface area (Å²) < 4.78 is 45.7. The molecule has 0 aliphatic heterocycles. The van der Waals surface area contributed by atoms with Crippen LogP contribution in [0.25, 0.3) is 0 Å². The molecular weight excluding hydrogens is 794 g/mol. The fourth-order valence-corrected chi connectivity index (χ4v) is 8.32. The number of carbonyl (C=O) groups excluding carboxylic acids is 2. The van der Waals surface area contributed by atoms with Gasteiger partial charge >= 0.3 is 19.8 Å². The van der Waals surface area contributed by atoms with Crippen molar-refractivity contribution >= 4 is 19.8 Å². The van der Waals surface area contributed by atoms with Crippen molar-refractivity contribution in [1.29, 1.82) is 0 Å². The molecule has 352 valence electrons. The molecular formula is C49H86NO10P. The van der Waals surface area contributed by atoms with Gasteiger partial charge in [-0.1, -0.05) is 117 Å².